The molecule has 3 heteroatoms. The third-order valence-corrected chi connectivity index (χ3v) is 3.34. The topological polar surface area (TPSA) is 26.3 Å². The molecule has 0 fully saturated rings. The maximum atomic E-state index is 12.4. The molecule has 0 saturated heterocycles. The second kappa shape index (κ2) is 5.45. The third kappa shape index (κ3) is 2.79. The zero-order chi connectivity index (χ0) is 14.0. The third-order valence-electron chi connectivity index (χ3n) is 3.09. The molecule has 0 radical (unpaired) electrons. The van der Waals surface area contributed by atoms with Crippen molar-refractivity contribution in [3.8, 4) is 5.75 Å². The van der Waals surface area contributed by atoms with E-state index < -0.39 is 0 Å². The summed E-state index contributed by atoms with van der Waals surface area (Å²) in [6.07, 6.45) is 0. The first-order valence-electron chi connectivity index (χ1n) is 5.98. The van der Waals surface area contributed by atoms with Crippen molar-refractivity contribution in [1.82, 2.24) is 0 Å². The average molecular weight is 275 g/mol. The zero-order valence-electron chi connectivity index (χ0n) is 11.2. The molecule has 2 nitrogen and oxygen atoms in total. The van der Waals surface area contributed by atoms with Crippen molar-refractivity contribution in [3.63, 3.8) is 0 Å². The second-order valence-electron chi connectivity index (χ2n) is 4.47. The van der Waals surface area contributed by atoms with Crippen molar-refractivity contribution in [3.05, 3.63) is 63.7 Å². The van der Waals surface area contributed by atoms with Crippen LogP contribution in [0.25, 0.3) is 0 Å². The highest BCUT2D eigenvalue weighted by molar-refractivity contribution is 6.30. The summed E-state index contributed by atoms with van der Waals surface area (Å²) < 4.78 is 5.25. The van der Waals surface area contributed by atoms with E-state index in [-0.39, 0.29) is 5.78 Å². The number of methoxy groups -OCH3 is 1. The number of ether oxygens (including phenoxy) is 1. The van der Waals surface area contributed by atoms with Gasteiger partial charge in [0.25, 0.3) is 0 Å². The van der Waals surface area contributed by atoms with Crippen molar-refractivity contribution >= 4 is 17.4 Å². The van der Waals surface area contributed by atoms with Gasteiger partial charge < -0.3 is 4.74 Å². The molecule has 0 amide bonds. The van der Waals surface area contributed by atoms with Crippen molar-refractivity contribution in [1.29, 1.82) is 0 Å². The maximum absolute atomic E-state index is 12.4. The van der Waals surface area contributed by atoms with Crippen LogP contribution in [0.4, 0.5) is 0 Å². The van der Waals surface area contributed by atoms with Crippen LogP contribution in [-0.2, 0) is 0 Å². The Bertz CT molecular complexity index is 615. The van der Waals surface area contributed by atoms with Crippen LogP contribution in [-0.4, -0.2) is 12.9 Å². The first kappa shape index (κ1) is 13.6. The lowest BCUT2D eigenvalue weighted by Crippen LogP contribution is -2.05. The smallest absolute Gasteiger partial charge is 0.193 e. The van der Waals surface area contributed by atoms with Crippen LogP contribution < -0.4 is 4.74 Å². The van der Waals surface area contributed by atoms with E-state index in [9.17, 15) is 4.79 Å². The molecule has 0 aliphatic heterocycles. The fourth-order valence-electron chi connectivity index (χ4n) is 2.01. The van der Waals surface area contributed by atoms with Crippen LogP contribution in [0.2, 0.25) is 5.02 Å². The molecule has 2 rings (SSSR count). The Morgan fingerprint density at radius 3 is 2.26 bits per heavy atom. The Balaban J connectivity index is 2.44. The highest BCUT2D eigenvalue weighted by atomic mass is 35.5. The molecule has 0 N–H and O–H groups in total. The molecule has 0 atom stereocenters. The molecule has 0 spiro atoms. The Hall–Kier alpha value is -1.80. The molecule has 0 saturated carbocycles. The van der Waals surface area contributed by atoms with E-state index >= 15 is 0 Å². The van der Waals surface area contributed by atoms with Crippen molar-refractivity contribution in [2.75, 3.05) is 7.11 Å². The summed E-state index contributed by atoms with van der Waals surface area (Å²) in [4.78, 5) is 12.4. The summed E-state index contributed by atoms with van der Waals surface area (Å²) in [6, 6.07) is 10.7. The highest BCUT2D eigenvalue weighted by Crippen LogP contribution is 2.24. The van der Waals surface area contributed by atoms with Crippen LogP contribution in [0.3, 0.4) is 0 Å². The molecule has 98 valence electrons. The summed E-state index contributed by atoms with van der Waals surface area (Å²) in [5.74, 6) is 0.796. The summed E-state index contributed by atoms with van der Waals surface area (Å²) in [5, 5.41) is 0.624. The second-order valence-corrected chi connectivity index (χ2v) is 4.91. The largest absolute Gasteiger partial charge is 0.496 e. The molecule has 0 aliphatic carbocycles. The van der Waals surface area contributed by atoms with E-state index in [1.165, 1.54) is 0 Å². The van der Waals surface area contributed by atoms with Crippen LogP contribution in [0.5, 0.6) is 5.75 Å². The number of hydrogen-bond acceptors (Lipinski definition) is 2. The summed E-state index contributed by atoms with van der Waals surface area (Å²) in [6.45, 7) is 3.84. The lowest BCUT2D eigenvalue weighted by atomic mass is 9.97. The van der Waals surface area contributed by atoms with E-state index in [1.807, 2.05) is 26.0 Å². The van der Waals surface area contributed by atoms with E-state index in [0.29, 0.717) is 16.1 Å². The van der Waals surface area contributed by atoms with Gasteiger partial charge in [-0.25, -0.2) is 0 Å². The number of hydrogen-bond donors (Lipinski definition) is 0. The lowest BCUT2D eigenvalue weighted by molar-refractivity contribution is 0.103. The number of halogens is 1. The number of benzene rings is 2. The first-order chi connectivity index (χ1) is 9.02. The number of ketones is 1. The SMILES string of the molecule is COc1cc(C)c(C(=O)c2ccc(Cl)cc2)cc1C. The fraction of sp³-hybridized carbons (Fsp3) is 0.188. The molecule has 0 heterocycles. The van der Waals surface area contributed by atoms with Crippen LogP contribution in [0.15, 0.2) is 36.4 Å². The van der Waals surface area contributed by atoms with E-state index in [1.54, 1.807) is 31.4 Å². The Morgan fingerprint density at radius 2 is 1.68 bits per heavy atom. The van der Waals surface area contributed by atoms with Crippen LogP contribution >= 0.6 is 11.6 Å². The van der Waals surface area contributed by atoms with Crippen LogP contribution in [0, 0.1) is 13.8 Å². The van der Waals surface area contributed by atoms with E-state index in [2.05, 4.69) is 0 Å². The predicted octanol–water partition coefficient (Wildman–Crippen LogP) is 4.20. The fourth-order valence-corrected chi connectivity index (χ4v) is 2.14. The van der Waals surface area contributed by atoms with Gasteiger partial charge in [-0.1, -0.05) is 11.6 Å². The highest BCUT2D eigenvalue weighted by Gasteiger charge is 2.14. The molecule has 2 aromatic rings. The zero-order valence-corrected chi connectivity index (χ0v) is 11.9. The molecule has 0 aliphatic rings. The number of aryl methyl sites for hydroxylation is 2. The lowest BCUT2D eigenvalue weighted by Gasteiger charge is -2.10. The minimum atomic E-state index is -0.0000743. The standard InChI is InChI=1S/C16H15ClO2/c1-10-9-15(19-3)11(2)8-14(10)16(18)12-4-6-13(17)7-5-12/h4-9H,1-3H3. The maximum Gasteiger partial charge on any atom is 0.193 e. The Kier molecular flexibility index (Phi) is 3.91. The van der Waals surface area contributed by atoms with Gasteiger partial charge in [-0.05, 0) is 61.4 Å². The van der Waals surface area contributed by atoms with Gasteiger partial charge in [0.2, 0.25) is 0 Å². The molecule has 19 heavy (non-hydrogen) atoms. The van der Waals surface area contributed by atoms with E-state index in [4.69, 9.17) is 16.3 Å². The molecule has 0 aromatic heterocycles. The van der Waals surface area contributed by atoms with Gasteiger partial charge in [-0.3, -0.25) is 4.79 Å². The number of rotatable bonds is 3. The molecule has 0 bridgehead atoms. The minimum absolute atomic E-state index is 0.0000743. The first-order valence-corrected chi connectivity index (χ1v) is 6.36. The normalized spacial score (nSPS) is 10.3. The summed E-state index contributed by atoms with van der Waals surface area (Å²) in [7, 11) is 1.63. The van der Waals surface area contributed by atoms with Crippen molar-refractivity contribution in [2.24, 2.45) is 0 Å². The molecular formula is C16H15ClO2. The average Bonchev–Trinajstić information content (AvgIpc) is 2.41. The number of carbonyl (C=O) groups is 1. The number of carbonyl (C=O) groups excluding carboxylic acids is 1. The summed E-state index contributed by atoms with van der Waals surface area (Å²) in [5.41, 5.74) is 3.19. The van der Waals surface area contributed by atoms with Gasteiger partial charge >= 0.3 is 0 Å². The van der Waals surface area contributed by atoms with Gasteiger partial charge in [0.15, 0.2) is 5.78 Å². The Morgan fingerprint density at radius 1 is 1.05 bits per heavy atom. The van der Waals surface area contributed by atoms with Gasteiger partial charge in [-0.2, -0.15) is 0 Å². The predicted molar refractivity (Wildman–Crippen MR) is 77.4 cm³/mol. The monoisotopic (exact) mass is 274 g/mol. The molecular weight excluding hydrogens is 260 g/mol. The summed E-state index contributed by atoms with van der Waals surface area (Å²) >= 11 is 5.83. The minimum Gasteiger partial charge on any atom is -0.496 e. The quantitative estimate of drug-likeness (QED) is 0.784. The van der Waals surface area contributed by atoms with Gasteiger partial charge in [0.05, 0.1) is 7.11 Å². The van der Waals surface area contributed by atoms with E-state index in [0.717, 1.165) is 16.9 Å². The Labute approximate surface area is 118 Å². The van der Waals surface area contributed by atoms with Gasteiger partial charge in [0, 0.05) is 16.1 Å². The van der Waals surface area contributed by atoms with Crippen LogP contribution in [0.1, 0.15) is 27.0 Å². The van der Waals surface area contributed by atoms with Crippen molar-refractivity contribution in [2.45, 2.75) is 13.8 Å². The van der Waals surface area contributed by atoms with Gasteiger partial charge in [0.1, 0.15) is 5.75 Å². The molecule has 2 aromatic carbocycles. The van der Waals surface area contributed by atoms with Gasteiger partial charge in [-0.15, -0.1) is 0 Å². The molecule has 0 unspecified atom stereocenters. The van der Waals surface area contributed by atoms with Crippen molar-refractivity contribution < 1.29 is 9.53 Å².